The zero-order valence-corrected chi connectivity index (χ0v) is 18.5. The zero-order chi connectivity index (χ0) is 21.7. The lowest BCUT2D eigenvalue weighted by Crippen LogP contribution is -2.17. The number of benzene rings is 2. The van der Waals surface area contributed by atoms with Crippen molar-refractivity contribution < 1.29 is 9.59 Å². The normalized spacial score (nSPS) is 10.7. The molecular weight excluding hydrogens is 422 g/mol. The number of aromatic nitrogens is 3. The molecule has 2 N–H and O–H groups in total. The molecule has 0 spiro atoms. The molecule has 0 saturated heterocycles. The van der Waals surface area contributed by atoms with Gasteiger partial charge in [-0.2, -0.15) is 0 Å². The highest BCUT2D eigenvalue weighted by atomic mass is 35.5. The van der Waals surface area contributed by atoms with E-state index >= 15 is 0 Å². The van der Waals surface area contributed by atoms with E-state index in [1.54, 1.807) is 23.7 Å². The topological polar surface area (TPSA) is 88.9 Å². The van der Waals surface area contributed by atoms with Crippen molar-refractivity contribution in [2.45, 2.75) is 25.4 Å². The van der Waals surface area contributed by atoms with Gasteiger partial charge in [0.05, 0.1) is 12.2 Å². The largest absolute Gasteiger partial charge is 0.326 e. The quantitative estimate of drug-likeness (QED) is 0.539. The summed E-state index contributed by atoms with van der Waals surface area (Å²) in [6, 6.07) is 12.9. The van der Waals surface area contributed by atoms with Crippen molar-refractivity contribution in [1.82, 2.24) is 14.8 Å². The highest BCUT2D eigenvalue weighted by molar-refractivity contribution is 7.99. The molecule has 2 amide bonds. The Balaban J connectivity index is 1.53. The van der Waals surface area contributed by atoms with E-state index in [0.29, 0.717) is 21.7 Å². The Morgan fingerprint density at radius 3 is 2.37 bits per heavy atom. The van der Waals surface area contributed by atoms with E-state index in [1.807, 2.05) is 44.2 Å². The molecule has 30 heavy (non-hydrogen) atoms. The number of hydrogen-bond acceptors (Lipinski definition) is 5. The lowest BCUT2D eigenvalue weighted by molar-refractivity contribution is -0.116. The van der Waals surface area contributed by atoms with Crippen molar-refractivity contribution in [3.63, 3.8) is 0 Å². The van der Waals surface area contributed by atoms with Crippen molar-refractivity contribution in [2.24, 2.45) is 7.05 Å². The lowest BCUT2D eigenvalue weighted by atomic mass is 10.2. The number of thioether (sulfide) groups is 1. The molecule has 0 radical (unpaired) electrons. The van der Waals surface area contributed by atoms with Gasteiger partial charge in [0.1, 0.15) is 5.82 Å². The molecule has 2 aromatic carbocycles. The number of rotatable bonds is 7. The van der Waals surface area contributed by atoms with Gasteiger partial charge < -0.3 is 15.2 Å². The predicted octanol–water partition coefficient (Wildman–Crippen LogP) is 4.00. The van der Waals surface area contributed by atoms with E-state index in [1.165, 1.54) is 11.8 Å². The number of nitrogens with zero attached hydrogens (tertiary/aromatic N) is 3. The third-order valence-electron chi connectivity index (χ3n) is 4.37. The van der Waals surface area contributed by atoms with Gasteiger partial charge >= 0.3 is 0 Å². The Bertz CT molecular complexity index is 1070. The Kier molecular flexibility index (Phi) is 7.12. The van der Waals surface area contributed by atoms with E-state index in [0.717, 1.165) is 16.8 Å². The van der Waals surface area contributed by atoms with Crippen molar-refractivity contribution in [2.75, 3.05) is 16.4 Å². The lowest BCUT2D eigenvalue weighted by Gasteiger charge is -2.07. The summed E-state index contributed by atoms with van der Waals surface area (Å²) in [7, 11) is 1.77. The summed E-state index contributed by atoms with van der Waals surface area (Å²) >= 11 is 7.33. The Labute approximate surface area is 184 Å². The molecule has 9 heteroatoms. The number of hydrogen-bond donors (Lipinski definition) is 2. The predicted molar refractivity (Wildman–Crippen MR) is 120 cm³/mol. The minimum atomic E-state index is -0.181. The van der Waals surface area contributed by atoms with Crippen LogP contribution >= 0.6 is 23.4 Å². The van der Waals surface area contributed by atoms with Crippen LogP contribution in [0.3, 0.4) is 0 Å². The SMILES string of the molecule is Cc1ccc(NC(=O)Cc2nnc(SCC(=O)Nc3ccc(C)c(Cl)c3)n2C)cc1. The number of nitrogens with one attached hydrogen (secondary N) is 2. The molecule has 3 aromatic rings. The van der Waals surface area contributed by atoms with Gasteiger partial charge in [-0.3, -0.25) is 9.59 Å². The van der Waals surface area contributed by atoms with Crippen LogP contribution in [0.25, 0.3) is 0 Å². The average molecular weight is 444 g/mol. The smallest absolute Gasteiger partial charge is 0.234 e. The van der Waals surface area contributed by atoms with Crippen LogP contribution in [0.4, 0.5) is 11.4 Å². The Hall–Kier alpha value is -2.84. The molecule has 0 saturated carbocycles. The van der Waals surface area contributed by atoms with Crippen molar-refractivity contribution in [1.29, 1.82) is 0 Å². The first kappa shape index (κ1) is 21.9. The van der Waals surface area contributed by atoms with Crippen LogP contribution in [0.5, 0.6) is 0 Å². The third kappa shape index (κ3) is 5.84. The van der Waals surface area contributed by atoms with Crippen LogP contribution in [0.1, 0.15) is 17.0 Å². The molecule has 0 aliphatic heterocycles. The van der Waals surface area contributed by atoms with E-state index in [-0.39, 0.29) is 24.0 Å². The fraction of sp³-hybridized carbons (Fsp3) is 0.238. The van der Waals surface area contributed by atoms with Gasteiger partial charge in [-0.1, -0.05) is 47.1 Å². The molecule has 1 heterocycles. The number of carbonyl (C=O) groups is 2. The molecule has 0 aliphatic rings. The molecule has 0 aliphatic carbocycles. The van der Waals surface area contributed by atoms with Gasteiger partial charge in [-0.05, 0) is 43.7 Å². The molecular formula is C21H22ClN5O2S. The first-order valence-electron chi connectivity index (χ1n) is 9.25. The van der Waals surface area contributed by atoms with Crippen LogP contribution in [0, 0.1) is 13.8 Å². The maximum Gasteiger partial charge on any atom is 0.234 e. The minimum Gasteiger partial charge on any atom is -0.326 e. The molecule has 7 nitrogen and oxygen atoms in total. The van der Waals surface area contributed by atoms with Crippen molar-refractivity contribution in [3.05, 3.63) is 64.4 Å². The fourth-order valence-corrected chi connectivity index (χ4v) is 3.52. The summed E-state index contributed by atoms with van der Waals surface area (Å²) in [4.78, 5) is 24.5. The monoisotopic (exact) mass is 443 g/mol. The van der Waals surface area contributed by atoms with Crippen LogP contribution in [-0.2, 0) is 23.1 Å². The van der Waals surface area contributed by atoms with Crippen molar-refractivity contribution in [3.8, 4) is 0 Å². The maximum absolute atomic E-state index is 12.3. The number of anilines is 2. The highest BCUT2D eigenvalue weighted by Crippen LogP contribution is 2.21. The van der Waals surface area contributed by atoms with Crippen molar-refractivity contribution >= 4 is 46.6 Å². The van der Waals surface area contributed by atoms with Gasteiger partial charge in [0.15, 0.2) is 5.16 Å². The fourth-order valence-electron chi connectivity index (χ4n) is 2.61. The second-order valence-corrected chi connectivity index (χ2v) is 8.20. The van der Waals surface area contributed by atoms with E-state index < -0.39 is 0 Å². The molecule has 3 rings (SSSR count). The van der Waals surface area contributed by atoms with Gasteiger partial charge in [-0.15, -0.1) is 10.2 Å². The zero-order valence-electron chi connectivity index (χ0n) is 16.9. The summed E-state index contributed by atoms with van der Waals surface area (Å²) in [6.07, 6.45) is 0.0893. The number of carbonyl (C=O) groups excluding carboxylic acids is 2. The first-order chi connectivity index (χ1) is 14.3. The first-order valence-corrected chi connectivity index (χ1v) is 10.6. The summed E-state index contributed by atoms with van der Waals surface area (Å²) in [6.45, 7) is 3.89. The Morgan fingerprint density at radius 2 is 1.67 bits per heavy atom. The van der Waals surface area contributed by atoms with Gasteiger partial charge in [0.25, 0.3) is 0 Å². The van der Waals surface area contributed by atoms with Crippen LogP contribution < -0.4 is 10.6 Å². The third-order valence-corrected chi connectivity index (χ3v) is 5.79. The molecule has 156 valence electrons. The van der Waals surface area contributed by atoms with Crippen LogP contribution in [0.2, 0.25) is 5.02 Å². The molecule has 0 atom stereocenters. The van der Waals surface area contributed by atoms with E-state index in [4.69, 9.17) is 11.6 Å². The number of halogens is 1. The van der Waals surface area contributed by atoms with E-state index in [2.05, 4.69) is 20.8 Å². The van der Waals surface area contributed by atoms with Gasteiger partial charge in [0.2, 0.25) is 11.8 Å². The van der Waals surface area contributed by atoms with E-state index in [9.17, 15) is 9.59 Å². The van der Waals surface area contributed by atoms with Crippen LogP contribution in [0.15, 0.2) is 47.6 Å². The summed E-state index contributed by atoms with van der Waals surface area (Å²) in [5.74, 6) is 0.321. The number of amides is 2. The Morgan fingerprint density at radius 1 is 1.00 bits per heavy atom. The molecule has 0 unspecified atom stereocenters. The van der Waals surface area contributed by atoms with Crippen LogP contribution in [-0.4, -0.2) is 32.3 Å². The van der Waals surface area contributed by atoms with Gasteiger partial charge in [-0.25, -0.2) is 0 Å². The maximum atomic E-state index is 12.3. The summed E-state index contributed by atoms with van der Waals surface area (Å²) in [5, 5.41) is 15.0. The number of aryl methyl sites for hydroxylation is 2. The molecule has 0 bridgehead atoms. The summed E-state index contributed by atoms with van der Waals surface area (Å²) in [5.41, 5.74) is 3.44. The second kappa shape index (κ2) is 9.77. The second-order valence-electron chi connectivity index (χ2n) is 6.85. The molecule has 0 fully saturated rings. The molecule has 1 aromatic heterocycles. The van der Waals surface area contributed by atoms with Gasteiger partial charge in [0, 0.05) is 23.4 Å². The standard InChI is InChI=1S/C21H22ClN5O2S/c1-13-4-7-15(8-5-13)23-19(28)11-18-25-26-21(27(18)3)30-12-20(29)24-16-9-6-14(2)17(22)10-16/h4-10H,11-12H2,1-3H3,(H,23,28)(H,24,29). The summed E-state index contributed by atoms with van der Waals surface area (Å²) < 4.78 is 1.72. The highest BCUT2D eigenvalue weighted by Gasteiger charge is 2.15. The minimum absolute atomic E-state index is 0.0893. The average Bonchev–Trinajstić information content (AvgIpc) is 3.04.